The third-order valence-corrected chi connectivity index (χ3v) is 5.86. The molecule has 176 valence electrons. The normalized spacial score (nSPS) is 12.7. The van der Waals surface area contributed by atoms with E-state index in [1.165, 1.54) is 0 Å². The molecule has 3 heterocycles. The average Bonchev–Trinajstić information content (AvgIpc) is 3.20. The van der Waals surface area contributed by atoms with Gasteiger partial charge >= 0.3 is 0 Å². The average molecular weight is 463 g/mol. The molecule has 7 nitrogen and oxygen atoms in total. The van der Waals surface area contributed by atoms with Crippen LogP contribution in [-0.2, 0) is 6.42 Å². The Bertz CT molecular complexity index is 1330. The number of ether oxygens (including phenoxy) is 3. The van der Waals surface area contributed by atoms with Crippen molar-refractivity contribution in [3.05, 3.63) is 59.4 Å². The number of alkyl halides is 1. The van der Waals surface area contributed by atoms with Crippen molar-refractivity contribution in [2.75, 3.05) is 31.8 Å². The quantitative estimate of drug-likeness (QED) is 0.395. The summed E-state index contributed by atoms with van der Waals surface area (Å²) in [6.07, 6.45) is 2.60. The maximum atomic E-state index is 12.6. The lowest BCUT2D eigenvalue weighted by atomic mass is 9.99. The van der Waals surface area contributed by atoms with Crippen LogP contribution in [0.5, 0.6) is 17.2 Å². The highest BCUT2D eigenvalue weighted by Gasteiger charge is 2.22. The Morgan fingerprint density at radius 3 is 2.56 bits per heavy atom. The fraction of sp³-hybridized carbons (Fsp3) is 0.308. The van der Waals surface area contributed by atoms with Crippen LogP contribution in [0.1, 0.15) is 23.7 Å². The largest absolute Gasteiger partial charge is 0.491 e. The van der Waals surface area contributed by atoms with Gasteiger partial charge in [0.2, 0.25) is 5.78 Å². The highest BCUT2D eigenvalue weighted by molar-refractivity contribution is 5.83. The summed E-state index contributed by atoms with van der Waals surface area (Å²) in [6, 6.07) is 11.7. The molecule has 1 aliphatic heterocycles. The molecule has 0 unspecified atom stereocenters. The minimum Gasteiger partial charge on any atom is -0.491 e. The van der Waals surface area contributed by atoms with E-state index in [-0.39, 0.29) is 6.61 Å². The molecule has 0 amide bonds. The van der Waals surface area contributed by atoms with Crippen LogP contribution < -0.4 is 19.5 Å². The smallest absolute Gasteiger partial charge is 0.236 e. The Hall–Kier alpha value is -3.81. The van der Waals surface area contributed by atoms with Gasteiger partial charge in [-0.1, -0.05) is 6.92 Å². The van der Waals surface area contributed by atoms with Gasteiger partial charge in [0, 0.05) is 29.2 Å². The summed E-state index contributed by atoms with van der Waals surface area (Å²) in [6.45, 7) is 6.71. The number of nitrogens with one attached hydrogen (secondary N) is 1. The van der Waals surface area contributed by atoms with Gasteiger partial charge in [-0.05, 0) is 61.7 Å². The standard InChI is InChI=1S/C26H27FN4O3/c1-4-19-7-9-28-26-30-24(23-16(2)13-20(14-17(23)3)32-10-8-27)25(31(19)26)29-18-5-6-21-22(15-18)34-12-11-33-21/h5-7,9,13-15,29H,4,8,10-12H2,1-3H3. The summed E-state index contributed by atoms with van der Waals surface area (Å²) in [5.74, 6) is 3.53. The summed E-state index contributed by atoms with van der Waals surface area (Å²) >= 11 is 0. The molecule has 2 aromatic heterocycles. The molecule has 4 aromatic rings. The lowest BCUT2D eigenvalue weighted by Crippen LogP contribution is -2.15. The summed E-state index contributed by atoms with van der Waals surface area (Å²) in [5, 5.41) is 3.57. The first-order valence-electron chi connectivity index (χ1n) is 11.4. The third kappa shape index (κ3) is 4.00. The number of rotatable bonds is 7. The second-order valence-corrected chi connectivity index (χ2v) is 8.19. The van der Waals surface area contributed by atoms with E-state index in [9.17, 15) is 4.39 Å². The maximum absolute atomic E-state index is 12.6. The Balaban J connectivity index is 1.66. The first kappa shape index (κ1) is 22.0. The summed E-state index contributed by atoms with van der Waals surface area (Å²) < 4.78 is 31.6. The highest BCUT2D eigenvalue weighted by Crippen LogP contribution is 2.39. The fourth-order valence-electron chi connectivity index (χ4n) is 4.39. The number of aromatic nitrogens is 3. The van der Waals surface area contributed by atoms with E-state index in [0.29, 0.717) is 30.5 Å². The molecular weight excluding hydrogens is 435 g/mol. The Morgan fingerprint density at radius 1 is 1.06 bits per heavy atom. The second-order valence-electron chi connectivity index (χ2n) is 8.19. The molecule has 0 atom stereocenters. The molecular formula is C26H27FN4O3. The van der Waals surface area contributed by atoms with Gasteiger partial charge in [0.25, 0.3) is 0 Å². The van der Waals surface area contributed by atoms with Crippen LogP contribution in [-0.4, -0.2) is 40.9 Å². The van der Waals surface area contributed by atoms with E-state index in [4.69, 9.17) is 19.2 Å². The highest BCUT2D eigenvalue weighted by atomic mass is 19.1. The van der Waals surface area contributed by atoms with E-state index < -0.39 is 6.67 Å². The molecule has 0 spiro atoms. The van der Waals surface area contributed by atoms with Crippen LogP contribution >= 0.6 is 0 Å². The predicted molar refractivity (Wildman–Crippen MR) is 129 cm³/mol. The van der Waals surface area contributed by atoms with Crippen molar-refractivity contribution >= 4 is 17.3 Å². The van der Waals surface area contributed by atoms with E-state index in [0.717, 1.165) is 51.8 Å². The van der Waals surface area contributed by atoms with E-state index in [2.05, 4.69) is 21.6 Å². The van der Waals surface area contributed by atoms with Gasteiger partial charge in [-0.25, -0.2) is 14.4 Å². The minimum atomic E-state index is -0.526. The molecule has 1 N–H and O–H groups in total. The number of hydrogen-bond donors (Lipinski definition) is 1. The molecule has 2 aromatic carbocycles. The molecule has 0 bridgehead atoms. The first-order chi connectivity index (χ1) is 16.6. The third-order valence-electron chi connectivity index (χ3n) is 5.86. The lowest BCUT2D eigenvalue weighted by molar-refractivity contribution is 0.171. The molecule has 0 saturated heterocycles. The van der Waals surface area contributed by atoms with Crippen molar-refractivity contribution in [3.8, 4) is 28.5 Å². The van der Waals surface area contributed by atoms with Crippen molar-refractivity contribution in [2.24, 2.45) is 0 Å². The maximum Gasteiger partial charge on any atom is 0.236 e. The summed E-state index contributed by atoms with van der Waals surface area (Å²) in [7, 11) is 0. The van der Waals surface area contributed by atoms with Gasteiger partial charge in [0.1, 0.15) is 43.8 Å². The molecule has 34 heavy (non-hydrogen) atoms. The van der Waals surface area contributed by atoms with Crippen molar-refractivity contribution in [3.63, 3.8) is 0 Å². The Kier molecular flexibility index (Phi) is 5.96. The Labute approximate surface area is 197 Å². The van der Waals surface area contributed by atoms with E-state index in [1.54, 1.807) is 6.20 Å². The molecule has 0 aliphatic carbocycles. The van der Waals surface area contributed by atoms with Crippen LogP contribution in [0.15, 0.2) is 42.6 Å². The topological polar surface area (TPSA) is 69.9 Å². The number of nitrogens with zero attached hydrogens (tertiary/aromatic N) is 3. The van der Waals surface area contributed by atoms with Gasteiger partial charge in [-0.2, -0.15) is 0 Å². The van der Waals surface area contributed by atoms with Crippen LogP contribution in [0.3, 0.4) is 0 Å². The van der Waals surface area contributed by atoms with Crippen molar-refractivity contribution in [1.29, 1.82) is 0 Å². The molecule has 0 saturated carbocycles. The molecule has 5 rings (SSSR count). The molecule has 0 radical (unpaired) electrons. The fourth-order valence-corrected chi connectivity index (χ4v) is 4.39. The van der Waals surface area contributed by atoms with E-state index >= 15 is 0 Å². The monoisotopic (exact) mass is 462 g/mol. The minimum absolute atomic E-state index is 0.0350. The number of aryl methyl sites for hydroxylation is 3. The van der Waals surface area contributed by atoms with Crippen LogP contribution in [0.2, 0.25) is 0 Å². The van der Waals surface area contributed by atoms with Crippen LogP contribution in [0, 0.1) is 13.8 Å². The number of anilines is 2. The zero-order chi connectivity index (χ0) is 23.7. The predicted octanol–water partition coefficient (Wildman–Crippen LogP) is 5.44. The van der Waals surface area contributed by atoms with Crippen molar-refractivity contribution in [2.45, 2.75) is 27.2 Å². The lowest BCUT2D eigenvalue weighted by Gasteiger charge is -2.20. The van der Waals surface area contributed by atoms with Crippen molar-refractivity contribution in [1.82, 2.24) is 14.4 Å². The zero-order valence-electron chi connectivity index (χ0n) is 19.5. The summed E-state index contributed by atoms with van der Waals surface area (Å²) in [4.78, 5) is 9.45. The molecule has 8 heteroatoms. The number of fused-ring (bicyclic) bond motifs is 2. The number of halogens is 1. The van der Waals surface area contributed by atoms with Gasteiger partial charge in [-0.3, -0.25) is 4.40 Å². The SMILES string of the molecule is CCc1ccnc2nc(-c3c(C)cc(OCCF)cc3C)c(Nc3ccc4c(c3)OCCO4)n12. The molecule has 0 fully saturated rings. The van der Waals surface area contributed by atoms with Gasteiger partial charge in [0.15, 0.2) is 11.5 Å². The number of hydrogen-bond acceptors (Lipinski definition) is 6. The van der Waals surface area contributed by atoms with Gasteiger partial charge in [-0.15, -0.1) is 0 Å². The van der Waals surface area contributed by atoms with Crippen molar-refractivity contribution < 1.29 is 18.6 Å². The second kappa shape index (κ2) is 9.21. The van der Waals surface area contributed by atoms with Gasteiger partial charge in [0.05, 0.1) is 0 Å². The number of benzene rings is 2. The molecule has 1 aliphatic rings. The Morgan fingerprint density at radius 2 is 1.82 bits per heavy atom. The van der Waals surface area contributed by atoms with E-state index in [1.807, 2.05) is 50.2 Å². The summed E-state index contributed by atoms with van der Waals surface area (Å²) in [5.41, 5.74) is 5.69. The zero-order valence-corrected chi connectivity index (χ0v) is 19.5. The first-order valence-corrected chi connectivity index (χ1v) is 11.4. The number of imidazole rings is 1. The van der Waals surface area contributed by atoms with Gasteiger partial charge < -0.3 is 19.5 Å². The van der Waals surface area contributed by atoms with Crippen LogP contribution in [0.4, 0.5) is 15.9 Å². The van der Waals surface area contributed by atoms with Crippen LogP contribution in [0.25, 0.3) is 17.0 Å².